The van der Waals surface area contributed by atoms with Gasteiger partial charge < -0.3 is 79.7 Å². The predicted octanol–water partition coefficient (Wildman–Crippen LogP) is 4.48. The van der Waals surface area contributed by atoms with Gasteiger partial charge in [-0.2, -0.15) is 0 Å². The fourth-order valence-electron chi connectivity index (χ4n) is 16.7. The molecule has 21 nitrogen and oxygen atoms in total. The Labute approximate surface area is 507 Å². The molecule has 9 N–H and O–H groups in total. The van der Waals surface area contributed by atoms with Gasteiger partial charge in [0.05, 0.1) is 47.6 Å². The molecule has 3 unspecified atom stereocenters. The maximum Gasteiger partial charge on any atom is 0.407 e. The smallest absolute Gasteiger partial charge is 0.407 e. The van der Waals surface area contributed by atoms with Gasteiger partial charge in [0.1, 0.15) is 30.1 Å². The third kappa shape index (κ3) is 12.9. The highest BCUT2D eigenvalue weighted by Crippen LogP contribution is 2.71. The molecule has 3 saturated heterocycles. The number of nitrogens with one attached hydrogen (secondary N) is 3. The fraction of sp³-hybridized carbons (Fsp3) is 0.873. The van der Waals surface area contributed by atoms with Crippen molar-refractivity contribution >= 4 is 23.8 Å². The molecular formula is C63H104F2N4O17. The normalized spacial score (nSPS) is 48.8. The van der Waals surface area contributed by atoms with E-state index in [2.05, 4.69) is 16.0 Å². The van der Waals surface area contributed by atoms with E-state index < -0.39 is 172 Å². The van der Waals surface area contributed by atoms with E-state index in [-0.39, 0.29) is 69.2 Å². The van der Waals surface area contributed by atoms with Crippen LogP contribution in [0.2, 0.25) is 0 Å². The maximum atomic E-state index is 17.7. The van der Waals surface area contributed by atoms with Gasteiger partial charge in [0.25, 0.3) is 5.91 Å². The average Bonchev–Trinajstić information content (AvgIpc) is 1.30. The van der Waals surface area contributed by atoms with Gasteiger partial charge in [0.15, 0.2) is 35.7 Å². The van der Waals surface area contributed by atoms with Crippen molar-refractivity contribution in [1.82, 2.24) is 20.9 Å². The molecule has 3 heterocycles. The summed E-state index contributed by atoms with van der Waals surface area (Å²) >= 11 is 0. The SMILES string of the molecule is CC[C@H]1OC(=O)[C@H](C)[C@@H](O[C@H]2C[C@@](C)(OC)[C@@H](O)[C@H](C)O2)[C@H](C)[C@@H](O[C@@H]2O[C@H](C)C[C@H](NC)[C@H]2O)[C@](C)(O)C[C@@H](C)CN(C)[C@H](C)C(OC(=O)NCCCCNC(=O)[C@@]2(O)[C@H](C)CC3C4C[C@H](F)C5=CC(=O)C=C[C@]5(C)[C@@]4(F)[C@@H](O)C[C@@]32C)[C@]1(C)O. The number of esters is 1. The third-order valence-electron chi connectivity index (χ3n) is 21.9. The first kappa shape index (κ1) is 70.2. The Bertz CT molecular complexity index is 2480. The van der Waals surface area contributed by atoms with E-state index in [4.69, 9.17) is 33.2 Å². The monoisotopic (exact) mass is 1230 g/mol. The molecule has 86 heavy (non-hydrogen) atoms. The lowest BCUT2D eigenvalue weighted by Gasteiger charge is -2.63. The molecule has 0 spiro atoms. The summed E-state index contributed by atoms with van der Waals surface area (Å²) in [6, 6.07) is -1.14. The molecule has 23 heteroatoms. The van der Waals surface area contributed by atoms with Crippen LogP contribution in [-0.4, -0.2) is 214 Å². The summed E-state index contributed by atoms with van der Waals surface area (Å²) in [6.45, 7) is 22.4. The first-order chi connectivity index (χ1) is 39.9. The van der Waals surface area contributed by atoms with Crippen LogP contribution in [0, 0.1) is 46.3 Å². The van der Waals surface area contributed by atoms with E-state index in [9.17, 15) is 49.8 Å². The Morgan fingerprint density at radius 3 is 2.14 bits per heavy atom. The zero-order valence-corrected chi connectivity index (χ0v) is 53.6. The minimum Gasteiger partial charge on any atom is -0.459 e. The molecule has 492 valence electrons. The summed E-state index contributed by atoms with van der Waals surface area (Å²) < 4.78 is 78.0. The Kier molecular flexibility index (Phi) is 21.6. The number of aliphatic hydroxyl groups is 6. The quantitative estimate of drug-likeness (QED) is 0.0856. The van der Waals surface area contributed by atoms with Crippen LogP contribution >= 0.6 is 0 Å². The molecule has 6 fully saturated rings. The van der Waals surface area contributed by atoms with E-state index in [1.807, 2.05) is 18.7 Å². The van der Waals surface area contributed by atoms with Crippen LogP contribution in [0.4, 0.5) is 13.6 Å². The minimum absolute atomic E-state index is 0.0107. The van der Waals surface area contributed by atoms with Gasteiger partial charge >= 0.3 is 12.1 Å². The number of methoxy groups -OCH3 is 1. The summed E-state index contributed by atoms with van der Waals surface area (Å²) in [4.78, 5) is 57.2. The lowest BCUT2D eigenvalue weighted by molar-refractivity contribution is -0.316. The van der Waals surface area contributed by atoms with Crippen molar-refractivity contribution in [2.24, 2.45) is 46.3 Å². The van der Waals surface area contributed by atoms with Gasteiger partial charge in [0, 0.05) is 67.9 Å². The number of allylic oxidation sites excluding steroid dienone is 4. The topological polar surface area (TPSA) is 294 Å². The molecule has 3 saturated carbocycles. The number of halogens is 2. The minimum atomic E-state index is -2.36. The van der Waals surface area contributed by atoms with E-state index in [1.165, 1.54) is 33.1 Å². The number of alkyl carbamates (subject to hydrolysis) is 1. The number of ether oxygens (including phenoxy) is 7. The lowest BCUT2D eigenvalue weighted by Crippen LogP contribution is -2.71. The van der Waals surface area contributed by atoms with Crippen LogP contribution < -0.4 is 16.0 Å². The number of likely N-dealkylation sites (N-methyl/N-ethyl adjacent to an activating group) is 2. The van der Waals surface area contributed by atoms with Gasteiger partial charge in [-0.15, -0.1) is 0 Å². The predicted molar refractivity (Wildman–Crippen MR) is 312 cm³/mol. The highest BCUT2D eigenvalue weighted by Gasteiger charge is 2.77. The van der Waals surface area contributed by atoms with Crippen LogP contribution in [0.25, 0.3) is 0 Å². The standard InChI is InChI=1S/C63H104F2N4O17/c1-17-46-61(13,78)52(86-56(76)68-23-19-18-22-67-55(75)63(79)33(3)24-40-41-27-43(64)42-26-39(70)20-21-57(42,9)62(41,65)45(71)29-58(40,63)10)37(7)69(15)31-32(2)28-59(11,77)51(85-54-48(72)44(66-14)25-34(4)81-54)35(5)49(36(6)53(74)83-46)84-47-30-60(12,80-16)50(73)38(8)82-47/h20-21,26,32-38,40-41,43-52,54,66,71-73,77-79H,17-19,22-25,27-31H2,1-16H3,(H,67,75)(H,68,76)/t32-,33-,34-,35+,36-,37-,38+,40?,41?,43+,44+,45+,46-,47+,48-,49+,50+,51-,52?,54+,57+,58+,59-,60-,61-,62+,63+/m1/s1. The van der Waals surface area contributed by atoms with Crippen LogP contribution in [0.5, 0.6) is 0 Å². The molecule has 0 aromatic carbocycles. The number of aliphatic hydroxyl groups excluding tert-OH is 3. The molecule has 3 aliphatic heterocycles. The number of alkyl halides is 2. The van der Waals surface area contributed by atoms with Crippen molar-refractivity contribution in [3.8, 4) is 0 Å². The molecule has 7 aliphatic rings. The summed E-state index contributed by atoms with van der Waals surface area (Å²) in [5.41, 5.74) is -12.2. The third-order valence-corrected chi connectivity index (χ3v) is 21.9. The zero-order valence-electron chi connectivity index (χ0n) is 53.6. The number of fused-ring (bicyclic) bond motifs is 5. The highest BCUT2D eigenvalue weighted by molar-refractivity contribution is 6.01. The van der Waals surface area contributed by atoms with Crippen LogP contribution in [0.1, 0.15) is 148 Å². The van der Waals surface area contributed by atoms with E-state index in [0.717, 1.165) is 6.08 Å². The van der Waals surface area contributed by atoms with Crippen LogP contribution in [0.3, 0.4) is 0 Å². The van der Waals surface area contributed by atoms with Gasteiger partial charge in [-0.3, -0.25) is 19.3 Å². The Hall–Kier alpha value is -3.30. The van der Waals surface area contributed by atoms with Crippen molar-refractivity contribution in [1.29, 1.82) is 0 Å². The van der Waals surface area contributed by atoms with Crippen molar-refractivity contribution in [3.05, 3.63) is 23.8 Å². The number of unbranched alkanes of at least 4 members (excludes halogenated alkanes) is 1. The van der Waals surface area contributed by atoms with Crippen LogP contribution in [0.15, 0.2) is 23.8 Å². The highest BCUT2D eigenvalue weighted by atomic mass is 19.1. The molecule has 27 atom stereocenters. The number of rotatable bonds is 14. The number of amides is 2. The Morgan fingerprint density at radius 2 is 1.51 bits per heavy atom. The Morgan fingerprint density at radius 1 is 0.860 bits per heavy atom. The van der Waals surface area contributed by atoms with E-state index in [0.29, 0.717) is 25.8 Å². The Balaban J connectivity index is 1.06. The van der Waals surface area contributed by atoms with Crippen molar-refractivity contribution in [2.75, 3.05) is 40.8 Å². The number of carbonyl (C=O) groups excluding carboxylic acids is 4. The number of ketones is 1. The maximum absolute atomic E-state index is 17.7. The second-order valence-electron chi connectivity index (χ2n) is 28.1. The summed E-state index contributed by atoms with van der Waals surface area (Å²) in [7, 11) is 5.00. The molecule has 0 aromatic rings. The van der Waals surface area contributed by atoms with Gasteiger partial charge in [-0.1, -0.05) is 40.7 Å². The van der Waals surface area contributed by atoms with Gasteiger partial charge in [-0.25, -0.2) is 13.6 Å². The van der Waals surface area contributed by atoms with E-state index in [1.54, 1.807) is 76.4 Å². The van der Waals surface area contributed by atoms with Crippen molar-refractivity contribution in [3.63, 3.8) is 0 Å². The summed E-state index contributed by atoms with van der Waals surface area (Å²) in [5, 5.41) is 81.2. The number of hydrogen-bond donors (Lipinski definition) is 9. The molecular weight excluding hydrogens is 1120 g/mol. The van der Waals surface area contributed by atoms with Gasteiger partial charge in [-0.05, 0) is 156 Å². The van der Waals surface area contributed by atoms with Gasteiger partial charge in [0.2, 0.25) is 0 Å². The molecule has 4 aliphatic carbocycles. The summed E-state index contributed by atoms with van der Waals surface area (Å²) in [6.07, 6.45) is -10.0. The molecule has 0 bridgehead atoms. The number of carbonyl (C=O) groups is 4. The summed E-state index contributed by atoms with van der Waals surface area (Å²) in [5.74, 6) is -6.73. The number of cyclic esters (lactones) is 1. The number of hydrogen-bond acceptors (Lipinski definition) is 19. The first-order valence-corrected chi connectivity index (χ1v) is 31.4. The second-order valence-corrected chi connectivity index (χ2v) is 28.1. The average molecular weight is 1230 g/mol. The van der Waals surface area contributed by atoms with E-state index >= 15 is 8.78 Å². The molecule has 7 rings (SSSR count). The first-order valence-electron chi connectivity index (χ1n) is 31.4. The largest absolute Gasteiger partial charge is 0.459 e. The van der Waals surface area contributed by atoms with Crippen LogP contribution in [-0.2, 0) is 47.5 Å². The second kappa shape index (κ2) is 26.5. The fourth-order valence-corrected chi connectivity index (χ4v) is 16.7. The molecule has 0 radical (unpaired) electrons. The molecule has 0 aromatic heterocycles. The zero-order chi connectivity index (χ0) is 64.2. The van der Waals surface area contributed by atoms with Crippen molar-refractivity contribution < 1.29 is 91.8 Å². The number of nitrogens with zero attached hydrogens (tertiary/aromatic N) is 1. The lowest BCUT2D eigenvalue weighted by atomic mass is 9.44. The van der Waals surface area contributed by atoms with Crippen molar-refractivity contribution in [2.45, 2.75) is 262 Å². The molecule has 2 amide bonds.